The minimum atomic E-state index is -5.60. The third-order valence-electron chi connectivity index (χ3n) is 2.24. The maximum Gasteiger partial charge on any atom is 0.434 e. The number of halogens is 6. The highest BCUT2D eigenvalue weighted by molar-refractivity contribution is 5.17. The van der Waals surface area contributed by atoms with Crippen LogP contribution in [0, 0.1) is 6.92 Å². The Morgan fingerprint density at radius 3 is 2.15 bits per heavy atom. The SMILES string of the molecule is CNCc1cnc(OC(C(F)(F)F)C(F)(F)F)nc1C. The van der Waals surface area contributed by atoms with Crippen molar-refractivity contribution in [2.24, 2.45) is 0 Å². The van der Waals surface area contributed by atoms with Crippen molar-refractivity contribution in [1.29, 1.82) is 0 Å². The molecule has 0 amide bonds. The van der Waals surface area contributed by atoms with Gasteiger partial charge in [0.05, 0.1) is 0 Å². The molecule has 0 aliphatic rings. The molecule has 0 spiro atoms. The average molecular weight is 303 g/mol. The first-order valence-electron chi connectivity index (χ1n) is 5.33. The summed E-state index contributed by atoms with van der Waals surface area (Å²) in [6.45, 7) is 1.76. The molecule has 1 heterocycles. The van der Waals surface area contributed by atoms with Crippen molar-refractivity contribution in [3.8, 4) is 6.01 Å². The van der Waals surface area contributed by atoms with Gasteiger partial charge in [-0.05, 0) is 14.0 Å². The zero-order valence-corrected chi connectivity index (χ0v) is 10.4. The molecule has 1 aromatic rings. The van der Waals surface area contributed by atoms with E-state index in [-0.39, 0.29) is 5.69 Å². The zero-order chi connectivity index (χ0) is 15.6. The molecule has 0 saturated carbocycles. The molecule has 0 saturated heterocycles. The summed E-state index contributed by atoms with van der Waals surface area (Å²) in [5.74, 6) is 0. The Balaban J connectivity index is 2.98. The lowest BCUT2D eigenvalue weighted by atomic mass is 10.2. The van der Waals surface area contributed by atoms with Crippen molar-refractivity contribution in [3.05, 3.63) is 17.5 Å². The molecule has 0 atom stereocenters. The lowest BCUT2D eigenvalue weighted by molar-refractivity contribution is -0.301. The number of aryl methyl sites for hydroxylation is 1. The van der Waals surface area contributed by atoms with Gasteiger partial charge in [-0.3, -0.25) is 0 Å². The van der Waals surface area contributed by atoms with E-state index < -0.39 is 24.5 Å². The number of ether oxygens (including phenoxy) is 1. The minimum absolute atomic E-state index is 0.229. The van der Waals surface area contributed by atoms with Crippen LogP contribution in [-0.2, 0) is 6.54 Å². The minimum Gasteiger partial charge on any atom is -0.441 e. The number of aromatic nitrogens is 2. The van der Waals surface area contributed by atoms with E-state index in [1.807, 2.05) is 0 Å². The van der Waals surface area contributed by atoms with Crippen LogP contribution in [0.15, 0.2) is 6.20 Å². The van der Waals surface area contributed by atoms with E-state index in [9.17, 15) is 26.3 Å². The Morgan fingerprint density at radius 2 is 1.75 bits per heavy atom. The van der Waals surface area contributed by atoms with Crippen LogP contribution in [0.4, 0.5) is 26.3 Å². The molecule has 0 aliphatic heterocycles. The standard InChI is InChI=1S/C10H11F6N3O/c1-5-6(3-17-2)4-18-8(19-5)20-7(9(11,12)13)10(14,15)16/h4,7,17H,3H2,1-2H3. The van der Waals surface area contributed by atoms with Gasteiger partial charge in [0.15, 0.2) is 0 Å². The van der Waals surface area contributed by atoms with Crippen LogP contribution in [0.5, 0.6) is 6.01 Å². The summed E-state index contributed by atoms with van der Waals surface area (Å²) >= 11 is 0. The molecule has 114 valence electrons. The molecule has 0 radical (unpaired) electrons. The van der Waals surface area contributed by atoms with E-state index in [2.05, 4.69) is 20.0 Å². The fourth-order valence-corrected chi connectivity index (χ4v) is 1.32. The van der Waals surface area contributed by atoms with Crippen LogP contribution in [0.1, 0.15) is 11.3 Å². The Morgan fingerprint density at radius 1 is 1.20 bits per heavy atom. The molecule has 1 rings (SSSR count). The van der Waals surface area contributed by atoms with Crippen molar-refractivity contribution in [3.63, 3.8) is 0 Å². The first-order valence-corrected chi connectivity index (χ1v) is 5.33. The number of hydrogen-bond acceptors (Lipinski definition) is 4. The van der Waals surface area contributed by atoms with E-state index in [1.54, 1.807) is 7.05 Å². The second-order valence-corrected chi connectivity index (χ2v) is 3.87. The summed E-state index contributed by atoms with van der Waals surface area (Å²) in [6, 6.07) is -0.970. The summed E-state index contributed by atoms with van der Waals surface area (Å²) in [5.41, 5.74) is 0.767. The molecular weight excluding hydrogens is 292 g/mol. The molecule has 20 heavy (non-hydrogen) atoms. The van der Waals surface area contributed by atoms with Crippen LogP contribution < -0.4 is 10.1 Å². The van der Waals surface area contributed by atoms with Gasteiger partial charge in [0.25, 0.3) is 6.10 Å². The van der Waals surface area contributed by atoms with E-state index in [4.69, 9.17) is 0 Å². The van der Waals surface area contributed by atoms with Crippen molar-refractivity contribution >= 4 is 0 Å². The van der Waals surface area contributed by atoms with Crippen LogP contribution in [-0.4, -0.2) is 35.5 Å². The zero-order valence-electron chi connectivity index (χ0n) is 10.4. The quantitative estimate of drug-likeness (QED) is 0.868. The summed E-state index contributed by atoms with van der Waals surface area (Å²) in [4.78, 5) is 6.84. The average Bonchev–Trinajstić information content (AvgIpc) is 2.26. The van der Waals surface area contributed by atoms with Crippen LogP contribution in [0.2, 0.25) is 0 Å². The van der Waals surface area contributed by atoms with Gasteiger partial charge in [-0.1, -0.05) is 0 Å². The summed E-state index contributed by atoms with van der Waals surface area (Å²) in [7, 11) is 1.62. The van der Waals surface area contributed by atoms with Crippen molar-refractivity contribution in [1.82, 2.24) is 15.3 Å². The number of rotatable bonds is 4. The third-order valence-corrected chi connectivity index (χ3v) is 2.24. The van der Waals surface area contributed by atoms with Crippen molar-refractivity contribution < 1.29 is 31.1 Å². The molecule has 0 unspecified atom stereocenters. The molecule has 1 aromatic heterocycles. The number of nitrogens with one attached hydrogen (secondary N) is 1. The first kappa shape index (κ1) is 16.5. The lowest BCUT2D eigenvalue weighted by Gasteiger charge is -2.22. The molecule has 1 N–H and O–H groups in total. The van der Waals surface area contributed by atoms with Crippen LogP contribution >= 0.6 is 0 Å². The number of nitrogens with zero attached hydrogens (tertiary/aromatic N) is 2. The second-order valence-electron chi connectivity index (χ2n) is 3.87. The fourth-order valence-electron chi connectivity index (χ4n) is 1.32. The molecular formula is C10H11F6N3O. The summed E-state index contributed by atoms with van der Waals surface area (Å²) < 4.78 is 77.6. The predicted octanol–water partition coefficient (Wildman–Crippen LogP) is 2.38. The van der Waals surface area contributed by atoms with E-state index in [1.165, 1.54) is 6.92 Å². The molecule has 0 bridgehead atoms. The van der Waals surface area contributed by atoms with Crippen molar-refractivity contribution in [2.45, 2.75) is 31.9 Å². The predicted molar refractivity (Wildman–Crippen MR) is 56.1 cm³/mol. The Kier molecular flexibility index (Phi) is 4.79. The van der Waals surface area contributed by atoms with Gasteiger partial charge >= 0.3 is 18.4 Å². The smallest absolute Gasteiger partial charge is 0.434 e. The van der Waals surface area contributed by atoms with Crippen LogP contribution in [0.25, 0.3) is 0 Å². The summed E-state index contributed by atoms with van der Waals surface area (Å²) in [6.07, 6.45) is -14.0. The second kappa shape index (κ2) is 5.81. The van der Waals surface area contributed by atoms with Gasteiger partial charge in [0.2, 0.25) is 0 Å². The molecule has 0 aromatic carbocycles. The highest BCUT2D eigenvalue weighted by Crippen LogP contribution is 2.35. The monoisotopic (exact) mass is 303 g/mol. The third kappa shape index (κ3) is 4.22. The largest absolute Gasteiger partial charge is 0.441 e. The molecule has 0 fully saturated rings. The maximum atomic E-state index is 12.3. The Labute approximate surface area is 110 Å². The Hall–Kier alpha value is -1.58. The topological polar surface area (TPSA) is 47.0 Å². The van der Waals surface area contributed by atoms with Gasteiger partial charge in [0, 0.05) is 24.0 Å². The number of alkyl halides is 6. The van der Waals surface area contributed by atoms with E-state index >= 15 is 0 Å². The molecule has 4 nitrogen and oxygen atoms in total. The highest BCUT2D eigenvalue weighted by Gasteiger charge is 2.59. The molecule has 10 heteroatoms. The number of hydrogen-bond donors (Lipinski definition) is 1. The van der Waals surface area contributed by atoms with Gasteiger partial charge < -0.3 is 10.1 Å². The van der Waals surface area contributed by atoms with E-state index in [0.717, 1.165) is 6.20 Å². The van der Waals surface area contributed by atoms with Crippen molar-refractivity contribution in [2.75, 3.05) is 7.05 Å². The summed E-state index contributed by atoms with van der Waals surface area (Å²) in [5, 5.41) is 2.75. The van der Waals surface area contributed by atoms with Gasteiger partial charge in [-0.25, -0.2) is 9.97 Å². The normalized spacial score (nSPS) is 12.8. The van der Waals surface area contributed by atoms with Gasteiger partial charge in [-0.15, -0.1) is 0 Å². The van der Waals surface area contributed by atoms with Gasteiger partial charge in [-0.2, -0.15) is 26.3 Å². The lowest BCUT2D eigenvalue weighted by Crippen LogP contribution is -2.46. The Bertz CT molecular complexity index is 445. The molecule has 0 aliphatic carbocycles. The highest BCUT2D eigenvalue weighted by atomic mass is 19.4. The van der Waals surface area contributed by atoms with Gasteiger partial charge in [0.1, 0.15) is 0 Å². The first-order chi connectivity index (χ1) is 9.05. The fraction of sp³-hybridized carbons (Fsp3) is 0.600. The van der Waals surface area contributed by atoms with E-state index in [0.29, 0.717) is 12.1 Å². The van der Waals surface area contributed by atoms with Crippen LogP contribution in [0.3, 0.4) is 0 Å². The maximum absolute atomic E-state index is 12.3.